The number of ether oxygens (including phenoxy) is 1. The first-order valence-corrected chi connectivity index (χ1v) is 8.93. The molecule has 2 amide bonds. The highest BCUT2D eigenvalue weighted by molar-refractivity contribution is 5.98. The maximum absolute atomic E-state index is 12.5. The number of morpholine rings is 1. The van der Waals surface area contributed by atoms with Crippen molar-refractivity contribution in [1.82, 2.24) is 15.5 Å². The fourth-order valence-corrected chi connectivity index (χ4v) is 2.85. The van der Waals surface area contributed by atoms with Crippen LogP contribution < -0.4 is 10.6 Å². The van der Waals surface area contributed by atoms with Gasteiger partial charge in [-0.3, -0.25) is 14.5 Å². The summed E-state index contributed by atoms with van der Waals surface area (Å²) in [4.78, 5) is 27.3. The standard InChI is InChI=1S/C19H29N3O3/c1-14(2)17(21-18(23)16-7-5-4-6-15(16)3)19(24)20-8-9-22-10-12-25-13-11-22/h4-7,14,17H,8-13H2,1-3H3,(H,20,24)(H,21,23). The van der Waals surface area contributed by atoms with Gasteiger partial charge in [-0.2, -0.15) is 0 Å². The molecule has 138 valence electrons. The highest BCUT2D eigenvalue weighted by atomic mass is 16.5. The second-order valence-electron chi connectivity index (χ2n) is 6.76. The summed E-state index contributed by atoms with van der Waals surface area (Å²) in [5, 5.41) is 5.82. The van der Waals surface area contributed by atoms with Crippen molar-refractivity contribution in [2.75, 3.05) is 39.4 Å². The van der Waals surface area contributed by atoms with E-state index in [1.807, 2.05) is 39.0 Å². The lowest BCUT2D eigenvalue weighted by Gasteiger charge is -2.27. The van der Waals surface area contributed by atoms with Gasteiger partial charge in [0, 0.05) is 31.7 Å². The van der Waals surface area contributed by atoms with Gasteiger partial charge >= 0.3 is 0 Å². The number of aryl methyl sites for hydroxylation is 1. The van der Waals surface area contributed by atoms with Gasteiger partial charge in [-0.05, 0) is 24.5 Å². The van der Waals surface area contributed by atoms with Gasteiger partial charge in [0.25, 0.3) is 5.91 Å². The van der Waals surface area contributed by atoms with Crippen LogP contribution in [0.1, 0.15) is 29.8 Å². The number of rotatable bonds is 7. The summed E-state index contributed by atoms with van der Waals surface area (Å²) in [5.74, 6) is -0.332. The molecule has 1 atom stereocenters. The average Bonchev–Trinajstić information content (AvgIpc) is 2.60. The predicted octanol–water partition coefficient (Wildman–Crippen LogP) is 1.20. The summed E-state index contributed by atoms with van der Waals surface area (Å²) in [6.45, 7) is 10.4. The number of hydrogen-bond acceptors (Lipinski definition) is 4. The Bertz CT molecular complexity index is 583. The topological polar surface area (TPSA) is 70.7 Å². The number of benzene rings is 1. The molecule has 25 heavy (non-hydrogen) atoms. The molecule has 0 saturated carbocycles. The lowest BCUT2D eigenvalue weighted by Crippen LogP contribution is -2.51. The van der Waals surface area contributed by atoms with Gasteiger partial charge in [-0.1, -0.05) is 32.0 Å². The van der Waals surface area contributed by atoms with E-state index in [-0.39, 0.29) is 17.7 Å². The Morgan fingerprint density at radius 2 is 1.88 bits per heavy atom. The zero-order valence-corrected chi connectivity index (χ0v) is 15.4. The molecule has 2 N–H and O–H groups in total. The summed E-state index contributed by atoms with van der Waals surface area (Å²) in [5.41, 5.74) is 1.50. The molecular formula is C19H29N3O3. The molecule has 1 saturated heterocycles. The van der Waals surface area contributed by atoms with E-state index in [1.54, 1.807) is 6.07 Å². The van der Waals surface area contributed by atoms with Crippen molar-refractivity contribution < 1.29 is 14.3 Å². The minimum Gasteiger partial charge on any atom is -0.379 e. The van der Waals surface area contributed by atoms with Gasteiger partial charge in [0.1, 0.15) is 6.04 Å². The maximum atomic E-state index is 12.5. The van der Waals surface area contributed by atoms with Crippen LogP contribution in [0, 0.1) is 12.8 Å². The Labute approximate surface area is 149 Å². The number of nitrogens with zero attached hydrogens (tertiary/aromatic N) is 1. The molecule has 0 spiro atoms. The molecule has 1 aromatic carbocycles. The van der Waals surface area contributed by atoms with Crippen molar-refractivity contribution in [3.8, 4) is 0 Å². The van der Waals surface area contributed by atoms with E-state index in [1.165, 1.54) is 0 Å². The molecular weight excluding hydrogens is 318 g/mol. The van der Waals surface area contributed by atoms with Gasteiger partial charge in [-0.25, -0.2) is 0 Å². The zero-order chi connectivity index (χ0) is 18.2. The minimum absolute atomic E-state index is 0.0105. The molecule has 0 bridgehead atoms. The number of amides is 2. The Kier molecular flexibility index (Phi) is 7.40. The van der Waals surface area contributed by atoms with E-state index >= 15 is 0 Å². The lowest BCUT2D eigenvalue weighted by atomic mass is 10.0. The number of hydrogen-bond donors (Lipinski definition) is 2. The molecule has 6 nitrogen and oxygen atoms in total. The molecule has 1 aliphatic heterocycles. The third kappa shape index (κ3) is 5.83. The van der Waals surface area contributed by atoms with Crippen LogP contribution in [0.4, 0.5) is 0 Å². The molecule has 0 aliphatic carbocycles. The van der Waals surface area contributed by atoms with E-state index in [0.29, 0.717) is 12.1 Å². The summed E-state index contributed by atoms with van der Waals surface area (Å²) in [7, 11) is 0. The summed E-state index contributed by atoms with van der Waals surface area (Å²) < 4.78 is 5.32. The fraction of sp³-hybridized carbons (Fsp3) is 0.579. The predicted molar refractivity (Wildman–Crippen MR) is 97.5 cm³/mol. The van der Waals surface area contributed by atoms with Crippen molar-refractivity contribution in [3.63, 3.8) is 0 Å². The number of carbonyl (C=O) groups excluding carboxylic acids is 2. The summed E-state index contributed by atoms with van der Waals surface area (Å²) in [6, 6.07) is 6.84. The van der Waals surface area contributed by atoms with E-state index in [4.69, 9.17) is 4.74 Å². The van der Waals surface area contributed by atoms with Crippen molar-refractivity contribution in [2.24, 2.45) is 5.92 Å². The van der Waals surface area contributed by atoms with E-state index in [2.05, 4.69) is 15.5 Å². The van der Waals surface area contributed by atoms with Crippen molar-refractivity contribution in [3.05, 3.63) is 35.4 Å². The first kappa shape index (κ1) is 19.4. The highest BCUT2D eigenvalue weighted by Crippen LogP contribution is 2.09. The monoisotopic (exact) mass is 347 g/mol. The van der Waals surface area contributed by atoms with Crippen LogP contribution in [0.5, 0.6) is 0 Å². The van der Waals surface area contributed by atoms with Crippen LogP contribution >= 0.6 is 0 Å². The third-order valence-electron chi connectivity index (χ3n) is 4.46. The smallest absolute Gasteiger partial charge is 0.252 e. The lowest BCUT2D eigenvalue weighted by molar-refractivity contribution is -0.124. The molecule has 1 fully saturated rings. The van der Waals surface area contributed by atoms with Crippen LogP contribution in [0.3, 0.4) is 0 Å². The summed E-state index contributed by atoms with van der Waals surface area (Å²) in [6.07, 6.45) is 0. The molecule has 6 heteroatoms. The van der Waals surface area contributed by atoms with Gasteiger partial charge in [0.05, 0.1) is 13.2 Å². The molecule has 1 unspecified atom stereocenters. The normalized spacial score (nSPS) is 16.5. The Hall–Kier alpha value is -1.92. The van der Waals surface area contributed by atoms with Crippen LogP contribution in [-0.4, -0.2) is 62.1 Å². The highest BCUT2D eigenvalue weighted by Gasteiger charge is 2.25. The van der Waals surface area contributed by atoms with Gasteiger partial charge in [0.2, 0.25) is 5.91 Å². The largest absolute Gasteiger partial charge is 0.379 e. The van der Waals surface area contributed by atoms with Gasteiger partial charge < -0.3 is 15.4 Å². The molecule has 1 aliphatic rings. The van der Waals surface area contributed by atoms with Gasteiger partial charge in [0.15, 0.2) is 0 Å². The average molecular weight is 347 g/mol. The number of carbonyl (C=O) groups is 2. The molecule has 0 aromatic heterocycles. The third-order valence-corrected chi connectivity index (χ3v) is 4.46. The molecule has 0 radical (unpaired) electrons. The quantitative estimate of drug-likeness (QED) is 0.777. The Balaban J connectivity index is 1.87. The van der Waals surface area contributed by atoms with E-state index in [9.17, 15) is 9.59 Å². The van der Waals surface area contributed by atoms with Crippen LogP contribution in [0.15, 0.2) is 24.3 Å². The maximum Gasteiger partial charge on any atom is 0.252 e. The van der Waals surface area contributed by atoms with E-state index < -0.39 is 6.04 Å². The van der Waals surface area contributed by atoms with Crippen molar-refractivity contribution >= 4 is 11.8 Å². The molecule has 2 rings (SSSR count). The second-order valence-corrected chi connectivity index (χ2v) is 6.76. The Morgan fingerprint density at radius 3 is 2.52 bits per heavy atom. The van der Waals surface area contributed by atoms with E-state index in [0.717, 1.165) is 38.4 Å². The van der Waals surface area contributed by atoms with Crippen molar-refractivity contribution in [1.29, 1.82) is 0 Å². The first-order valence-electron chi connectivity index (χ1n) is 8.93. The van der Waals surface area contributed by atoms with Crippen LogP contribution in [0.25, 0.3) is 0 Å². The fourth-order valence-electron chi connectivity index (χ4n) is 2.85. The van der Waals surface area contributed by atoms with Gasteiger partial charge in [-0.15, -0.1) is 0 Å². The number of nitrogens with one attached hydrogen (secondary N) is 2. The van der Waals surface area contributed by atoms with Crippen molar-refractivity contribution in [2.45, 2.75) is 26.8 Å². The summed E-state index contributed by atoms with van der Waals surface area (Å²) >= 11 is 0. The Morgan fingerprint density at radius 1 is 1.20 bits per heavy atom. The molecule has 1 aromatic rings. The first-order chi connectivity index (χ1) is 12.0. The zero-order valence-electron chi connectivity index (χ0n) is 15.4. The second kappa shape index (κ2) is 9.53. The SMILES string of the molecule is Cc1ccccc1C(=O)NC(C(=O)NCCN1CCOCC1)C(C)C. The van der Waals surface area contributed by atoms with Crippen LogP contribution in [-0.2, 0) is 9.53 Å². The van der Waals surface area contributed by atoms with Crippen LogP contribution in [0.2, 0.25) is 0 Å². The molecule has 1 heterocycles. The minimum atomic E-state index is -0.545.